The van der Waals surface area contributed by atoms with Crippen LogP contribution >= 0.6 is 11.3 Å². The number of piperidine rings is 1. The molecule has 1 fully saturated rings. The van der Waals surface area contributed by atoms with E-state index in [1.54, 1.807) is 0 Å². The number of nitrogens with zero attached hydrogens (tertiary/aromatic N) is 1. The van der Waals surface area contributed by atoms with Crippen LogP contribution in [0.25, 0.3) is 10.1 Å². The number of thiophene rings is 1. The Morgan fingerprint density at radius 1 is 1.18 bits per heavy atom. The summed E-state index contributed by atoms with van der Waals surface area (Å²) < 4.78 is 1.35. The summed E-state index contributed by atoms with van der Waals surface area (Å²) in [5, 5.41) is 3.64. The van der Waals surface area contributed by atoms with Crippen molar-refractivity contribution < 1.29 is 0 Å². The van der Waals surface area contributed by atoms with E-state index in [-0.39, 0.29) is 0 Å². The molecule has 1 aliphatic rings. The van der Waals surface area contributed by atoms with E-state index in [1.165, 1.54) is 48.0 Å². The van der Waals surface area contributed by atoms with Crippen LogP contribution in [0.5, 0.6) is 0 Å². The fraction of sp³-hybridized carbons (Fsp3) is 0.429. The van der Waals surface area contributed by atoms with Crippen LogP contribution in [0.1, 0.15) is 24.8 Å². The SMILES string of the molecule is Nc1ccc2scc(CN3CCCCC3)c2c1. The Labute approximate surface area is 106 Å². The first-order valence-electron chi connectivity index (χ1n) is 6.31. The molecule has 1 saturated heterocycles. The first-order valence-corrected chi connectivity index (χ1v) is 7.19. The second-order valence-corrected chi connectivity index (χ2v) is 5.76. The largest absolute Gasteiger partial charge is 0.399 e. The molecule has 0 unspecified atom stereocenters. The summed E-state index contributed by atoms with van der Waals surface area (Å²) in [5.41, 5.74) is 8.19. The minimum Gasteiger partial charge on any atom is -0.399 e. The van der Waals surface area contributed by atoms with Gasteiger partial charge in [0.05, 0.1) is 0 Å². The highest BCUT2D eigenvalue weighted by Gasteiger charge is 2.12. The van der Waals surface area contributed by atoms with Crippen LogP contribution in [0.2, 0.25) is 0 Å². The summed E-state index contributed by atoms with van der Waals surface area (Å²) in [7, 11) is 0. The van der Waals surface area contributed by atoms with Crippen LogP contribution < -0.4 is 5.73 Å². The standard InChI is InChI=1S/C14H18N2S/c15-12-4-5-14-13(8-12)11(10-17-14)9-16-6-2-1-3-7-16/h4-5,8,10H,1-3,6-7,9,15H2. The van der Waals surface area contributed by atoms with Crippen molar-refractivity contribution in [3.63, 3.8) is 0 Å². The molecule has 1 aromatic heterocycles. The molecule has 0 bridgehead atoms. The molecule has 0 atom stereocenters. The minimum absolute atomic E-state index is 0.871. The van der Waals surface area contributed by atoms with Gasteiger partial charge in [0.25, 0.3) is 0 Å². The fourth-order valence-electron chi connectivity index (χ4n) is 2.58. The Balaban J connectivity index is 1.86. The monoisotopic (exact) mass is 246 g/mol. The molecule has 2 aromatic rings. The summed E-state index contributed by atoms with van der Waals surface area (Å²) in [6, 6.07) is 6.24. The summed E-state index contributed by atoms with van der Waals surface area (Å²) in [6.45, 7) is 3.59. The van der Waals surface area contributed by atoms with Crippen LogP contribution in [0, 0.1) is 0 Å². The lowest BCUT2D eigenvalue weighted by molar-refractivity contribution is 0.222. The molecule has 2 heterocycles. The zero-order valence-electron chi connectivity index (χ0n) is 9.98. The van der Waals surface area contributed by atoms with Gasteiger partial charge in [-0.3, -0.25) is 4.90 Å². The van der Waals surface area contributed by atoms with E-state index in [2.05, 4.69) is 22.4 Å². The molecule has 1 aromatic carbocycles. The van der Waals surface area contributed by atoms with Gasteiger partial charge in [-0.25, -0.2) is 0 Å². The predicted octanol–water partition coefficient (Wildman–Crippen LogP) is 3.47. The number of hydrogen-bond acceptors (Lipinski definition) is 3. The second-order valence-electron chi connectivity index (χ2n) is 4.85. The van der Waals surface area contributed by atoms with Gasteiger partial charge in [0.2, 0.25) is 0 Å². The first-order chi connectivity index (χ1) is 8.33. The lowest BCUT2D eigenvalue weighted by Gasteiger charge is -2.26. The fourth-order valence-corrected chi connectivity index (χ4v) is 3.51. The highest BCUT2D eigenvalue weighted by Crippen LogP contribution is 2.29. The maximum absolute atomic E-state index is 5.88. The van der Waals surface area contributed by atoms with Crippen molar-refractivity contribution in [3.8, 4) is 0 Å². The number of likely N-dealkylation sites (tertiary alicyclic amines) is 1. The Bertz CT molecular complexity index is 512. The number of nitrogen functional groups attached to an aromatic ring is 1. The van der Waals surface area contributed by atoms with Gasteiger partial charge in [-0.1, -0.05) is 6.42 Å². The van der Waals surface area contributed by atoms with Crippen LogP contribution in [0.4, 0.5) is 5.69 Å². The topological polar surface area (TPSA) is 29.3 Å². The van der Waals surface area contributed by atoms with Crippen LogP contribution in [0.15, 0.2) is 23.6 Å². The van der Waals surface area contributed by atoms with Crippen molar-refractivity contribution in [1.29, 1.82) is 0 Å². The number of nitrogens with two attached hydrogens (primary N) is 1. The average molecular weight is 246 g/mol. The van der Waals surface area contributed by atoms with Crippen LogP contribution in [0.3, 0.4) is 0 Å². The van der Waals surface area contributed by atoms with Crippen molar-refractivity contribution in [2.75, 3.05) is 18.8 Å². The number of benzene rings is 1. The minimum atomic E-state index is 0.871. The van der Waals surface area contributed by atoms with E-state index in [1.807, 2.05) is 17.4 Å². The van der Waals surface area contributed by atoms with Crippen molar-refractivity contribution in [2.24, 2.45) is 0 Å². The molecular formula is C14H18N2S. The summed E-state index contributed by atoms with van der Waals surface area (Å²) in [5.74, 6) is 0. The molecule has 0 aliphatic carbocycles. The van der Waals surface area contributed by atoms with Gasteiger partial charge in [0.15, 0.2) is 0 Å². The van der Waals surface area contributed by atoms with Crippen molar-refractivity contribution in [3.05, 3.63) is 29.1 Å². The molecule has 0 saturated carbocycles. The van der Waals surface area contributed by atoms with Crippen LogP contribution in [-0.4, -0.2) is 18.0 Å². The molecule has 3 heteroatoms. The van der Waals surface area contributed by atoms with Gasteiger partial charge in [-0.2, -0.15) is 0 Å². The van der Waals surface area contributed by atoms with Crippen molar-refractivity contribution in [1.82, 2.24) is 4.90 Å². The Morgan fingerprint density at radius 3 is 2.82 bits per heavy atom. The molecular weight excluding hydrogens is 228 g/mol. The summed E-state index contributed by atoms with van der Waals surface area (Å²) >= 11 is 1.83. The highest BCUT2D eigenvalue weighted by atomic mass is 32.1. The zero-order chi connectivity index (χ0) is 11.7. The van der Waals surface area contributed by atoms with E-state index in [0.29, 0.717) is 0 Å². The normalized spacial score (nSPS) is 17.6. The van der Waals surface area contributed by atoms with E-state index in [9.17, 15) is 0 Å². The summed E-state index contributed by atoms with van der Waals surface area (Å²) in [6.07, 6.45) is 4.10. The van der Waals surface area contributed by atoms with Gasteiger partial charge in [-0.05, 0) is 60.5 Å². The molecule has 3 rings (SSSR count). The van der Waals surface area contributed by atoms with Gasteiger partial charge >= 0.3 is 0 Å². The molecule has 90 valence electrons. The predicted molar refractivity (Wildman–Crippen MR) is 75.4 cm³/mol. The average Bonchev–Trinajstić information content (AvgIpc) is 2.73. The van der Waals surface area contributed by atoms with Crippen molar-refractivity contribution in [2.45, 2.75) is 25.8 Å². The third-order valence-electron chi connectivity index (χ3n) is 3.52. The van der Waals surface area contributed by atoms with Gasteiger partial charge < -0.3 is 5.73 Å². The first kappa shape index (κ1) is 11.1. The molecule has 0 spiro atoms. The van der Waals surface area contributed by atoms with E-state index in [4.69, 9.17) is 5.73 Å². The number of anilines is 1. The lowest BCUT2D eigenvalue weighted by atomic mass is 10.1. The van der Waals surface area contributed by atoms with E-state index in [0.717, 1.165) is 12.2 Å². The number of fused-ring (bicyclic) bond motifs is 1. The molecule has 2 N–H and O–H groups in total. The second kappa shape index (κ2) is 4.67. The van der Waals surface area contributed by atoms with E-state index < -0.39 is 0 Å². The Hall–Kier alpha value is -1.06. The molecule has 17 heavy (non-hydrogen) atoms. The third-order valence-corrected chi connectivity index (χ3v) is 4.53. The highest BCUT2D eigenvalue weighted by molar-refractivity contribution is 7.17. The Morgan fingerprint density at radius 2 is 2.00 bits per heavy atom. The molecule has 2 nitrogen and oxygen atoms in total. The lowest BCUT2D eigenvalue weighted by Crippen LogP contribution is -2.28. The van der Waals surface area contributed by atoms with Gasteiger partial charge in [0.1, 0.15) is 0 Å². The molecule has 0 radical (unpaired) electrons. The summed E-state index contributed by atoms with van der Waals surface area (Å²) in [4.78, 5) is 2.56. The molecule has 1 aliphatic heterocycles. The van der Waals surface area contributed by atoms with Crippen LogP contribution in [-0.2, 0) is 6.54 Å². The van der Waals surface area contributed by atoms with Crippen molar-refractivity contribution >= 4 is 27.1 Å². The smallest absolute Gasteiger partial charge is 0.0347 e. The van der Waals surface area contributed by atoms with Gasteiger partial charge in [0, 0.05) is 16.9 Å². The molecule has 0 amide bonds. The quantitative estimate of drug-likeness (QED) is 0.822. The number of hydrogen-bond donors (Lipinski definition) is 1. The Kier molecular flexibility index (Phi) is 3.04. The van der Waals surface area contributed by atoms with Gasteiger partial charge in [-0.15, -0.1) is 11.3 Å². The maximum Gasteiger partial charge on any atom is 0.0347 e. The van der Waals surface area contributed by atoms with E-state index >= 15 is 0 Å². The third kappa shape index (κ3) is 2.31. The number of rotatable bonds is 2. The zero-order valence-corrected chi connectivity index (χ0v) is 10.8. The maximum atomic E-state index is 5.88.